The van der Waals surface area contributed by atoms with Crippen molar-refractivity contribution in [3.8, 4) is 0 Å². The zero-order valence-electron chi connectivity index (χ0n) is 10.3. The van der Waals surface area contributed by atoms with Gasteiger partial charge in [-0.25, -0.2) is 8.78 Å². The summed E-state index contributed by atoms with van der Waals surface area (Å²) < 4.78 is 26.4. The number of hydrogen-bond donors (Lipinski definition) is 1. The van der Waals surface area contributed by atoms with Crippen molar-refractivity contribution < 1.29 is 8.78 Å². The summed E-state index contributed by atoms with van der Waals surface area (Å²) in [4.78, 5) is 0. The maximum Gasteiger partial charge on any atom is 0.163 e. The summed E-state index contributed by atoms with van der Waals surface area (Å²) in [5.74, 6) is -0.914. The van der Waals surface area contributed by atoms with E-state index in [1.54, 1.807) is 6.07 Å². The van der Waals surface area contributed by atoms with Crippen LogP contribution in [0.3, 0.4) is 0 Å². The number of nitrogens with one attached hydrogen (secondary N) is 1. The molecule has 1 fully saturated rings. The Morgan fingerprint density at radius 1 is 1.17 bits per heavy atom. The number of benzene rings is 1. The lowest BCUT2D eigenvalue weighted by Crippen LogP contribution is -2.26. The first kappa shape index (κ1) is 13.8. The Kier molecular flexibility index (Phi) is 4.95. The van der Waals surface area contributed by atoms with Gasteiger partial charge in [0, 0.05) is 17.5 Å². The van der Waals surface area contributed by atoms with Gasteiger partial charge in [-0.3, -0.25) is 0 Å². The summed E-state index contributed by atoms with van der Waals surface area (Å²) >= 11 is 6.04. The first-order valence-corrected chi connectivity index (χ1v) is 6.88. The third-order valence-electron chi connectivity index (χ3n) is 3.56. The normalized spacial score (nSPS) is 24.2. The summed E-state index contributed by atoms with van der Waals surface area (Å²) in [6.07, 6.45) is 4.35. The quantitative estimate of drug-likeness (QED) is 0.822. The molecule has 0 atom stereocenters. The van der Waals surface area contributed by atoms with Crippen molar-refractivity contribution in [1.82, 2.24) is 5.32 Å². The molecular weight excluding hydrogens is 256 g/mol. The Labute approximate surface area is 112 Å². The summed E-state index contributed by atoms with van der Waals surface area (Å²) in [5, 5.41) is 3.53. The fraction of sp³-hybridized carbons (Fsp3) is 0.571. The molecule has 0 radical (unpaired) electrons. The van der Waals surface area contributed by atoms with E-state index < -0.39 is 11.6 Å². The molecule has 100 valence electrons. The standard InChI is InChI=1S/C14H18ClF2N/c15-12-6-4-10(5-7-12)8-18-9-11-2-1-3-13(16)14(11)17/h1-3,10,12,18H,4-9H2. The van der Waals surface area contributed by atoms with E-state index in [4.69, 9.17) is 11.6 Å². The van der Waals surface area contributed by atoms with Crippen LogP contribution in [0, 0.1) is 17.6 Å². The molecule has 1 aliphatic carbocycles. The van der Waals surface area contributed by atoms with Gasteiger partial charge in [-0.1, -0.05) is 12.1 Å². The monoisotopic (exact) mass is 273 g/mol. The molecule has 0 heterocycles. The van der Waals surface area contributed by atoms with Crippen LogP contribution in [0.2, 0.25) is 0 Å². The molecule has 4 heteroatoms. The van der Waals surface area contributed by atoms with E-state index in [1.807, 2.05) is 0 Å². The highest BCUT2D eigenvalue weighted by Crippen LogP contribution is 2.27. The maximum atomic E-state index is 13.4. The number of alkyl halides is 1. The Morgan fingerprint density at radius 2 is 1.89 bits per heavy atom. The molecule has 0 amide bonds. The second-order valence-corrected chi connectivity index (χ2v) is 5.58. The Hall–Kier alpha value is -0.670. The average molecular weight is 274 g/mol. The minimum Gasteiger partial charge on any atom is -0.312 e. The molecule has 2 rings (SSSR count). The van der Waals surface area contributed by atoms with E-state index in [2.05, 4.69) is 5.32 Å². The Bertz CT molecular complexity index is 389. The van der Waals surface area contributed by atoms with Gasteiger partial charge in [0.15, 0.2) is 11.6 Å². The molecule has 18 heavy (non-hydrogen) atoms. The summed E-state index contributed by atoms with van der Waals surface area (Å²) in [5.41, 5.74) is 0.390. The molecule has 1 saturated carbocycles. The van der Waals surface area contributed by atoms with Gasteiger partial charge in [-0.2, -0.15) is 0 Å². The molecule has 0 aromatic heterocycles. The number of hydrogen-bond acceptors (Lipinski definition) is 1. The van der Waals surface area contributed by atoms with Crippen molar-refractivity contribution in [3.63, 3.8) is 0 Å². The van der Waals surface area contributed by atoms with Crippen LogP contribution in [-0.4, -0.2) is 11.9 Å². The predicted octanol–water partition coefficient (Wildman–Crippen LogP) is 3.85. The molecule has 1 nitrogen and oxygen atoms in total. The maximum absolute atomic E-state index is 13.4. The topological polar surface area (TPSA) is 12.0 Å². The van der Waals surface area contributed by atoms with Crippen LogP contribution in [0.5, 0.6) is 0 Å². The van der Waals surface area contributed by atoms with E-state index in [-0.39, 0.29) is 0 Å². The van der Waals surface area contributed by atoms with Crippen molar-refractivity contribution in [3.05, 3.63) is 35.4 Å². The highest BCUT2D eigenvalue weighted by molar-refractivity contribution is 6.20. The fourth-order valence-corrected chi connectivity index (χ4v) is 2.67. The molecule has 0 spiro atoms. The average Bonchev–Trinajstić information content (AvgIpc) is 2.37. The lowest BCUT2D eigenvalue weighted by molar-refractivity contribution is 0.344. The van der Waals surface area contributed by atoms with Crippen molar-refractivity contribution in [2.24, 2.45) is 5.92 Å². The minimum atomic E-state index is -0.781. The van der Waals surface area contributed by atoms with Gasteiger partial charge >= 0.3 is 0 Å². The fourth-order valence-electron chi connectivity index (χ4n) is 2.42. The lowest BCUT2D eigenvalue weighted by Gasteiger charge is -2.25. The summed E-state index contributed by atoms with van der Waals surface area (Å²) in [7, 11) is 0. The molecule has 0 bridgehead atoms. The summed E-state index contributed by atoms with van der Waals surface area (Å²) in [6, 6.07) is 4.29. The molecule has 0 saturated heterocycles. The van der Waals surface area contributed by atoms with Crippen LogP contribution in [0.25, 0.3) is 0 Å². The van der Waals surface area contributed by atoms with Gasteiger partial charge in [0.1, 0.15) is 0 Å². The van der Waals surface area contributed by atoms with Crippen molar-refractivity contribution in [1.29, 1.82) is 0 Å². The summed E-state index contributed by atoms with van der Waals surface area (Å²) in [6.45, 7) is 1.23. The smallest absolute Gasteiger partial charge is 0.163 e. The first-order chi connectivity index (χ1) is 8.66. The minimum absolute atomic E-state index is 0.321. The van der Waals surface area contributed by atoms with Crippen LogP contribution < -0.4 is 5.32 Å². The first-order valence-electron chi connectivity index (χ1n) is 6.44. The molecule has 0 unspecified atom stereocenters. The third-order valence-corrected chi connectivity index (χ3v) is 3.99. The second kappa shape index (κ2) is 6.48. The van der Waals surface area contributed by atoms with Crippen LogP contribution >= 0.6 is 11.6 Å². The van der Waals surface area contributed by atoms with Crippen LogP contribution in [0.1, 0.15) is 31.2 Å². The van der Waals surface area contributed by atoms with Crippen molar-refractivity contribution in [2.75, 3.05) is 6.54 Å². The Morgan fingerprint density at radius 3 is 2.61 bits per heavy atom. The van der Waals surface area contributed by atoms with E-state index in [0.29, 0.717) is 23.4 Å². The largest absolute Gasteiger partial charge is 0.312 e. The van der Waals surface area contributed by atoms with Crippen LogP contribution in [-0.2, 0) is 6.54 Å². The van der Waals surface area contributed by atoms with Crippen molar-refractivity contribution in [2.45, 2.75) is 37.6 Å². The highest BCUT2D eigenvalue weighted by atomic mass is 35.5. The van der Waals surface area contributed by atoms with E-state index >= 15 is 0 Å². The van der Waals surface area contributed by atoms with Gasteiger partial charge in [0.05, 0.1) is 0 Å². The zero-order valence-corrected chi connectivity index (χ0v) is 11.0. The molecule has 1 aliphatic rings. The van der Waals surface area contributed by atoms with E-state index in [0.717, 1.165) is 38.3 Å². The molecular formula is C14H18ClF2N. The lowest BCUT2D eigenvalue weighted by atomic mass is 9.89. The molecule has 0 aliphatic heterocycles. The predicted molar refractivity (Wildman–Crippen MR) is 69.7 cm³/mol. The SMILES string of the molecule is Fc1cccc(CNCC2CCC(Cl)CC2)c1F. The van der Waals surface area contributed by atoms with Crippen LogP contribution in [0.15, 0.2) is 18.2 Å². The van der Waals surface area contributed by atoms with Gasteiger partial charge in [0.25, 0.3) is 0 Å². The molecule has 1 aromatic carbocycles. The third kappa shape index (κ3) is 3.66. The Balaban J connectivity index is 1.77. The second-order valence-electron chi connectivity index (χ2n) is 4.96. The number of halogens is 3. The van der Waals surface area contributed by atoms with Gasteiger partial charge in [-0.05, 0) is 44.2 Å². The molecule has 1 aromatic rings. The van der Waals surface area contributed by atoms with Gasteiger partial charge < -0.3 is 5.32 Å². The zero-order chi connectivity index (χ0) is 13.0. The van der Waals surface area contributed by atoms with Gasteiger partial charge in [0.2, 0.25) is 0 Å². The van der Waals surface area contributed by atoms with E-state index in [9.17, 15) is 8.78 Å². The number of rotatable bonds is 4. The highest BCUT2D eigenvalue weighted by Gasteiger charge is 2.19. The molecule has 1 N–H and O–H groups in total. The van der Waals surface area contributed by atoms with Crippen molar-refractivity contribution >= 4 is 11.6 Å². The van der Waals surface area contributed by atoms with Crippen LogP contribution in [0.4, 0.5) is 8.78 Å². The van der Waals surface area contributed by atoms with Gasteiger partial charge in [-0.15, -0.1) is 11.6 Å². The van der Waals surface area contributed by atoms with E-state index in [1.165, 1.54) is 6.07 Å².